The van der Waals surface area contributed by atoms with Gasteiger partial charge >= 0.3 is 0 Å². The zero-order valence-electron chi connectivity index (χ0n) is 4.19. The molecule has 0 heterocycles. The Labute approximate surface area is 53.1 Å². The number of nitrogens with two attached hydrogens (primary N) is 1. The summed E-state index contributed by atoms with van der Waals surface area (Å²) in [6.45, 7) is 0. The Morgan fingerprint density at radius 1 is 1.50 bits per heavy atom. The summed E-state index contributed by atoms with van der Waals surface area (Å²) in [5.74, 6) is 0. The van der Waals surface area contributed by atoms with Crippen LogP contribution in [0.4, 0.5) is 5.69 Å². The van der Waals surface area contributed by atoms with Gasteiger partial charge in [0.25, 0.3) is 0 Å². The van der Waals surface area contributed by atoms with Crippen LogP contribution >= 0.6 is 11.6 Å². The fourth-order valence-corrected chi connectivity index (χ4v) is 0.649. The van der Waals surface area contributed by atoms with Gasteiger partial charge in [0, 0.05) is 10.7 Å². The highest BCUT2D eigenvalue weighted by Crippen LogP contribution is 2.10. The van der Waals surface area contributed by atoms with E-state index in [0.717, 1.165) is 0 Å². The number of halogens is 1. The van der Waals surface area contributed by atoms with Gasteiger partial charge in [0.2, 0.25) is 0 Å². The Kier molecular flexibility index (Phi) is 1.40. The summed E-state index contributed by atoms with van der Waals surface area (Å²) in [5, 5.41) is 0.630. The van der Waals surface area contributed by atoms with Crippen LogP contribution in [-0.4, -0.2) is 0 Å². The van der Waals surface area contributed by atoms with E-state index >= 15 is 0 Å². The van der Waals surface area contributed by atoms with E-state index in [1.54, 1.807) is 18.2 Å². The van der Waals surface area contributed by atoms with Crippen LogP contribution < -0.4 is 5.73 Å². The number of nitrogen functional groups attached to an aromatic ring is 1. The molecular weight excluding hydrogens is 122 g/mol. The highest BCUT2D eigenvalue weighted by Gasteiger charge is 1.83. The van der Waals surface area contributed by atoms with E-state index in [0.29, 0.717) is 10.7 Å². The molecule has 0 bridgehead atoms. The molecule has 0 amide bonds. The van der Waals surface area contributed by atoms with Crippen molar-refractivity contribution in [3.05, 3.63) is 29.3 Å². The average Bonchev–Trinajstić information content (AvgIpc) is 1.64. The Hall–Kier alpha value is -0.690. The minimum absolute atomic E-state index is 0.630. The van der Waals surface area contributed by atoms with Gasteiger partial charge < -0.3 is 5.73 Å². The third-order valence-corrected chi connectivity index (χ3v) is 0.994. The lowest BCUT2D eigenvalue weighted by Gasteiger charge is -1.88. The molecule has 0 unspecified atom stereocenters. The molecule has 8 heavy (non-hydrogen) atoms. The molecule has 1 aromatic rings. The van der Waals surface area contributed by atoms with Crippen molar-refractivity contribution in [3.63, 3.8) is 0 Å². The third kappa shape index (κ3) is 1.14. The zero-order chi connectivity index (χ0) is 5.98. The van der Waals surface area contributed by atoms with Gasteiger partial charge in [0.15, 0.2) is 0 Å². The topological polar surface area (TPSA) is 26.0 Å². The molecule has 1 nitrogen and oxygen atoms in total. The van der Waals surface area contributed by atoms with E-state index in [4.69, 9.17) is 17.3 Å². The number of hydrogen-bond acceptors (Lipinski definition) is 1. The summed E-state index contributed by atoms with van der Waals surface area (Å²) >= 11 is 5.53. The van der Waals surface area contributed by atoms with Crippen molar-refractivity contribution in [2.24, 2.45) is 0 Å². The lowest BCUT2D eigenvalue weighted by atomic mass is 10.3. The normalized spacial score (nSPS) is 9.12. The van der Waals surface area contributed by atoms with Crippen molar-refractivity contribution in [1.82, 2.24) is 0 Å². The molecule has 0 spiro atoms. The van der Waals surface area contributed by atoms with Gasteiger partial charge in [0.05, 0.1) is 0 Å². The summed E-state index contributed by atoms with van der Waals surface area (Å²) in [4.78, 5) is 0. The van der Waals surface area contributed by atoms with E-state index in [-0.39, 0.29) is 0 Å². The van der Waals surface area contributed by atoms with Crippen LogP contribution in [0.5, 0.6) is 0 Å². The molecular formula is C6H5ClN. The van der Waals surface area contributed by atoms with Gasteiger partial charge in [-0.3, -0.25) is 0 Å². The number of anilines is 1. The summed E-state index contributed by atoms with van der Waals surface area (Å²) < 4.78 is 0. The van der Waals surface area contributed by atoms with Crippen LogP contribution in [0.25, 0.3) is 0 Å². The lowest BCUT2D eigenvalue weighted by Crippen LogP contribution is -1.81. The Balaban J connectivity index is 3.08. The second-order valence-electron chi connectivity index (χ2n) is 1.48. The smallest absolute Gasteiger partial charge is 0.0432 e. The molecule has 41 valence electrons. The molecule has 2 N–H and O–H groups in total. The quantitative estimate of drug-likeness (QED) is 0.527. The maximum atomic E-state index is 5.53. The number of rotatable bonds is 0. The van der Waals surface area contributed by atoms with E-state index < -0.39 is 0 Å². The second-order valence-corrected chi connectivity index (χ2v) is 1.92. The van der Waals surface area contributed by atoms with Crippen molar-refractivity contribution >= 4 is 17.3 Å². The first kappa shape index (κ1) is 5.45. The van der Waals surface area contributed by atoms with Gasteiger partial charge in [-0.15, -0.1) is 0 Å². The van der Waals surface area contributed by atoms with Crippen LogP contribution in [0.15, 0.2) is 18.2 Å². The summed E-state index contributed by atoms with van der Waals surface area (Å²) in [6.07, 6.45) is 0. The maximum absolute atomic E-state index is 5.53. The molecule has 1 rings (SSSR count). The molecule has 0 atom stereocenters. The van der Waals surface area contributed by atoms with Gasteiger partial charge in [-0.05, 0) is 24.3 Å². The van der Waals surface area contributed by atoms with Gasteiger partial charge in [-0.2, -0.15) is 0 Å². The fraction of sp³-hybridized carbons (Fsp3) is 0. The fourth-order valence-electron chi connectivity index (χ4n) is 0.460. The van der Waals surface area contributed by atoms with Crippen LogP contribution in [0.2, 0.25) is 5.02 Å². The van der Waals surface area contributed by atoms with Crippen LogP contribution in [0.3, 0.4) is 0 Å². The predicted molar refractivity (Wildman–Crippen MR) is 34.7 cm³/mol. The van der Waals surface area contributed by atoms with Crippen LogP contribution in [-0.2, 0) is 0 Å². The largest absolute Gasteiger partial charge is 0.399 e. The van der Waals surface area contributed by atoms with Crippen LogP contribution in [0, 0.1) is 6.07 Å². The highest BCUT2D eigenvalue weighted by atomic mass is 35.5. The monoisotopic (exact) mass is 126 g/mol. The van der Waals surface area contributed by atoms with E-state index in [9.17, 15) is 0 Å². The molecule has 0 aliphatic carbocycles. The maximum Gasteiger partial charge on any atom is 0.0432 e. The van der Waals surface area contributed by atoms with E-state index in [2.05, 4.69) is 6.07 Å². The summed E-state index contributed by atoms with van der Waals surface area (Å²) in [7, 11) is 0. The van der Waals surface area contributed by atoms with Crippen molar-refractivity contribution in [1.29, 1.82) is 0 Å². The SMILES string of the molecule is Nc1c[c]cc(Cl)c1. The van der Waals surface area contributed by atoms with Gasteiger partial charge in [-0.1, -0.05) is 11.6 Å². The molecule has 1 aromatic carbocycles. The lowest BCUT2D eigenvalue weighted by molar-refractivity contribution is 1.67. The molecule has 0 saturated heterocycles. The minimum atomic E-state index is 0.630. The Bertz CT molecular complexity index is 168. The van der Waals surface area contributed by atoms with Gasteiger partial charge in [-0.25, -0.2) is 0 Å². The van der Waals surface area contributed by atoms with Crippen molar-refractivity contribution in [2.45, 2.75) is 0 Å². The van der Waals surface area contributed by atoms with Crippen molar-refractivity contribution in [2.75, 3.05) is 5.73 Å². The molecule has 0 aliphatic rings. The first-order valence-electron chi connectivity index (χ1n) is 2.21. The first-order valence-corrected chi connectivity index (χ1v) is 2.59. The van der Waals surface area contributed by atoms with E-state index in [1.807, 2.05) is 0 Å². The Morgan fingerprint density at radius 2 is 2.25 bits per heavy atom. The average molecular weight is 127 g/mol. The number of benzene rings is 1. The summed E-state index contributed by atoms with van der Waals surface area (Å²) in [5.41, 5.74) is 5.99. The minimum Gasteiger partial charge on any atom is -0.399 e. The number of hydrogen-bond donors (Lipinski definition) is 1. The highest BCUT2D eigenvalue weighted by molar-refractivity contribution is 6.30. The van der Waals surface area contributed by atoms with E-state index in [1.165, 1.54) is 0 Å². The molecule has 0 fully saturated rings. The van der Waals surface area contributed by atoms with Gasteiger partial charge in [0.1, 0.15) is 0 Å². The first-order chi connectivity index (χ1) is 3.79. The molecule has 0 aliphatic heterocycles. The zero-order valence-corrected chi connectivity index (χ0v) is 4.94. The molecule has 0 saturated carbocycles. The predicted octanol–water partition coefficient (Wildman–Crippen LogP) is 1.72. The molecule has 2 heteroatoms. The molecule has 1 radical (unpaired) electrons. The van der Waals surface area contributed by atoms with Crippen molar-refractivity contribution < 1.29 is 0 Å². The third-order valence-electron chi connectivity index (χ3n) is 0.776. The van der Waals surface area contributed by atoms with Crippen molar-refractivity contribution in [3.8, 4) is 0 Å². The summed E-state index contributed by atoms with van der Waals surface area (Å²) in [6, 6.07) is 7.79. The second kappa shape index (κ2) is 2.05. The van der Waals surface area contributed by atoms with Crippen LogP contribution in [0.1, 0.15) is 0 Å². The standard InChI is InChI=1S/C6H5ClN/c7-5-2-1-3-6(8)4-5/h2-4H,8H2. The Morgan fingerprint density at radius 3 is 2.62 bits per heavy atom. The molecule has 0 aromatic heterocycles.